The molecule has 1 N–H and O–H groups in total. The van der Waals surface area contributed by atoms with Gasteiger partial charge in [-0.3, -0.25) is 19.4 Å². The van der Waals surface area contributed by atoms with E-state index < -0.39 is 11.9 Å². The Morgan fingerprint density at radius 3 is 2.37 bits per heavy atom. The van der Waals surface area contributed by atoms with Gasteiger partial charge in [-0.2, -0.15) is 0 Å². The Bertz CT molecular complexity index is 1650. The number of amides is 2. The van der Waals surface area contributed by atoms with Gasteiger partial charge in [0.15, 0.2) is 0 Å². The van der Waals surface area contributed by atoms with Crippen molar-refractivity contribution in [2.75, 3.05) is 4.90 Å². The summed E-state index contributed by atoms with van der Waals surface area (Å²) in [6.45, 7) is 6.72. The smallest absolute Gasteiger partial charge is 0.259 e. The molecule has 0 saturated carbocycles. The zero-order chi connectivity index (χ0) is 26.7. The molecule has 0 bridgehead atoms. The second-order valence-corrected chi connectivity index (χ2v) is 10.5. The summed E-state index contributed by atoms with van der Waals surface area (Å²) >= 11 is 0. The van der Waals surface area contributed by atoms with E-state index in [1.807, 2.05) is 24.3 Å². The van der Waals surface area contributed by atoms with Crippen molar-refractivity contribution in [3.63, 3.8) is 0 Å². The first kappa shape index (κ1) is 21.8. The van der Waals surface area contributed by atoms with E-state index in [-0.39, 0.29) is 12.3 Å². The zero-order valence-electron chi connectivity index (χ0n) is 22.2. The van der Waals surface area contributed by atoms with Gasteiger partial charge < -0.3 is 5.32 Å². The van der Waals surface area contributed by atoms with Gasteiger partial charge in [-0.05, 0) is 64.6 Å². The van der Waals surface area contributed by atoms with Crippen LogP contribution in [0.25, 0.3) is 10.8 Å². The molecule has 2 amide bonds. The SMILES string of the molecule is [2H]C1(N2C(=O)c3cccc4c(Cc5ccc(CN6Cc7ccccc7C6)cc5)ccc2c34)CCC(=C)NC1=O. The van der Waals surface area contributed by atoms with Crippen LogP contribution in [-0.4, -0.2) is 22.7 Å². The topological polar surface area (TPSA) is 52.7 Å². The van der Waals surface area contributed by atoms with Gasteiger partial charge in [-0.25, -0.2) is 0 Å². The summed E-state index contributed by atoms with van der Waals surface area (Å²) in [6, 6.07) is 25.4. The molecular formula is C33H29N3O2. The zero-order valence-corrected chi connectivity index (χ0v) is 21.2. The van der Waals surface area contributed by atoms with Gasteiger partial charge >= 0.3 is 0 Å². The molecular weight excluding hydrogens is 470 g/mol. The monoisotopic (exact) mass is 500 g/mol. The fourth-order valence-electron chi connectivity index (χ4n) is 6.11. The quantitative estimate of drug-likeness (QED) is 0.383. The number of anilines is 1. The molecule has 3 heterocycles. The average Bonchev–Trinajstić information content (AvgIpc) is 3.48. The van der Waals surface area contributed by atoms with Crippen LogP contribution in [0.2, 0.25) is 0 Å². The lowest BCUT2D eigenvalue weighted by Crippen LogP contribution is -2.51. The molecule has 1 fully saturated rings. The molecule has 38 heavy (non-hydrogen) atoms. The summed E-state index contributed by atoms with van der Waals surface area (Å²) in [6.07, 6.45) is 1.42. The Hall–Kier alpha value is -4.22. The predicted octanol–water partition coefficient (Wildman–Crippen LogP) is 5.70. The summed E-state index contributed by atoms with van der Waals surface area (Å²) < 4.78 is 9.00. The molecule has 0 aromatic heterocycles. The minimum absolute atomic E-state index is 0.219. The molecule has 5 nitrogen and oxygen atoms in total. The first-order valence-electron chi connectivity index (χ1n) is 13.7. The number of benzene rings is 4. The predicted molar refractivity (Wildman–Crippen MR) is 150 cm³/mol. The van der Waals surface area contributed by atoms with Crippen molar-refractivity contribution >= 4 is 28.3 Å². The first-order valence-corrected chi connectivity index (χ1v) is 13.2. The number of hydrogen-bond acceptors (Lipinski definition) is 3. The van der Waals surface area contributed by atoms with E-state index in [0.717, 1.165) is 42.4 Å². The van der Waals surface area contributed by atoms with Crippen LogP contribution in [0.15, 0.2) is 91.1 Å². The third-order valence-corrected chi connectivity index (χ3v) is 8.00. The number of carbonyl (C=O) groups excluding carboxylic acids is 2. The molecule has 3 aliphatic rings. The van der Waals surface area contributed by atoms with Crippen LogP contribution in [0.4, 0.5) is 5.69 Å². The number of fused-ring (bicyclic) bond motifs is 1. The number of nitrogens with zero attached hydrogens (tertiary/aromatic N) is 2. The summed E-state index contributed by atoms with van der Waals surface area (Å²) in [4.78, 5) is 30.2. The normalized spacial score (nSPS) is 21.1. The Labute approximate surface area is 223 Å². The van der Waals surface area contributed by atoms with Crippen LogP contribution < -0.4 is 10.2 Å². The van der Waals surface area contributed by atoms with E-state index >= 15 is 0 Å². The van der Waals surface area contributed by atoms with Crippen molar-refractivity contribution in [3.8, 4) is 0 Å². The van der Waals surface area contributed by atoms with Crippen LogP contribution >= 0.6 is 0 Å². The van der Waals surface area contributed by atoms with Gasteiger partial charge in [0.05, 0.1) is 7.06 Å². The van der Waals surface area contributed by atoms with Crippen molar-refractivity contribution in [1.82, 2.24) is 10.2 Å². The number of piperidine rings is 1. The maximum absolute atomic E-state index is 13.5. The fraction of sp³-hybridized carbons (Fsp3) is 0.212. The lowest BCUT2D eigenvalue weighted by atomic mass is 9.95. The van der Waals surface area contributed by atoms with Crippen LogP contribution in [0.1, 0.15) is 52.4 Å². The van der Waals surface area contributed by atoms with Gasteiger partial charge in [-0.1, -0.05) is 73.3 Å². The molecule has 188 valence electrons. The number of allylic oxidation sites excluding steroid dienone is 1. The largest absolute Gasteiger partial charge is 0.329 e. The van der Waals surface area contributed by atoms with E-state index in [0.29, 0.717) is 23.4 Å². The standard InChI is InChI=1S/C33H29N3O2/c1-21-9-15-30(32(37)34-21)36-29-16-14-24(27-7-4-8-28(31(27)29)33(36)38)17-22-10-12-23(13-11-22)18-35-19-25-5-2-3-6-26(25)20-35/h2-8,10-14,16,30H,1,9,15,17-20H2,(H,34,37)/i30D. The third-order valence-electron chi connectivity index (χ3n) is 8.00. The lowest BCUT2D eigenvalue weighted by molar-refractivity contribution is -0.122. The number of rotatable bonds is 5. The van der Waals surface area contributed by atoms with Crippen LogP contribution in [0, 0.1) is 0 Å². The van der Waals surface area contributed by atoms with Gasteiger partial charge in [0, 0.05) is 36.3 Å². The molecule has 1 saturated heterocycles. The summed E-state index contributed by atoms with van der Waals surface area (Å²) in [7, 11) is 0. The lowest BCUT2D eigenvalue weighted by Gasteiger charge is -2.31. The van der Waals surface area contributed by atoms with Crippen LogP contribution in [-0.2, 0) is 30.8 Å². The van der Waals surface area contributed by atoms with E-state index in [9.17, 15) is 9.59 Å². The Kier molecular flexibility index (Phi) is 5.15. The van der Waals surface area contributed by atoms with E-state index in [1.54, 1.807) is 6.07 Å². The average molecular weight is 501 g/mol. The van der Waals surface area contributed by atoms with Crippen molar-refractivity contribution in [2.45, 2.75) is 44.9 Å². The second-order valence-electron chi connectivity index (χ2n) is 10.5. The van der Waals surface area contributed by atoms with Gasteiger partial charge in [0.2, 0.25) is 5.91 Å². The van der Waals surface area contributed by atoms with Crippen molar-refractivity contribution in [2.24, 2.45) is 0 Å². The first-order chi connectivity index (χ1) is 18.9. The van der Waals surface area contributed by atoms with Crippen LogP contribution in [0.5, 0.6) is 0 Å². The molecule has 5 heteroatoms. The van der Waals surface area contributed by atoms with E-state index in [2.05, 4.69) is 65.3 Å². The Morgan fingerprint density at radius 1 is 0.895 bits per heavy atom. The Morgan fingerprint density at radius 2 is 1.63 bits per heavy atom. The maximum atomic E-state index is 13.5. The number of nitrogens with one attached hydrogen (secondary N) is 1. The fourth-order valence-corrected chi connectivity index (χ4v) is 6.11. The molecule has 3 aliphatic heterocycles. The molecule has 4 aromatic rings. The van der Waals surface area contributed by atoms with Gasteiger partial charge in [0.25, 0.3) is 5.91 Å². The minimum atomic E-state index is -1.70. The summed E-state index contributed by atoms with van der Waals surface area (Å²) in [5.74, 6) is -0.797. The molecule has 4 aromatic carbocycles. The molecule has 1 unspecified atom stereocenters. The van der Waals surface area contributed by atoms with E-state index in [1.165, 1.54) is 27.2 Å². The number of hydrogen-bond donors (Lipinski definition) is 1. The van der Waals surface area contributed by atoms with Crippen molar-refractivity contribution in [3.05, 3.63) is 125 Å². The maximum Gasteiger partial charge on any atom is 0.259 e. The second kappa shape index (κ2) is 8.96. The molecule has 0 aliphatic carbocycles. The van der Waals surface area contributed by atoms with Gasteiger partial charge in [0.1, 0.15) is 6.02 Å². The molecule has 0 spiro atoms. The number of carbonyl (C=O) groups is 2. The molecule has 1 atom stereocenters. The van der Waals surface area contributed by atoms with Crippen LogP contribution in [0.3, 0.4) is 0 Å². The minimum Gasteiger partial charge on any atom is -0.329 e. The molecule has 0 radical (unpaired) electrons. The highest BCUT2D eigenvalue weighted by molar-refractivity contribution is 6.27. The summed E-state index contributed by atoms with van der Waals surface area (Å²) in [5, 5.41) is 4.50. The third kappa shape index (κ3) is 3.82. The van der Waals surface area contributed by atoms with Crippen molar-refractivity contribution < 1.29 is 11.0 Å². The van der Waals surface area contributed by atoms with Crippen molar-refractivity contribution in [1.29, 1.82) is 0 Å². The van der Waals surface area contributed by atoms with E-state index in [4.69, 9.17) is 1.37 Å². The highest BCUT2D eigenvalue weighted by Gasteiger charge is 2.40. The summed E-state index contributed by atoms with van der Waals surface area (Å²) in [5.41, 5.74) is 8.23. The van der Waals surface area contributed by atoms with Gasteiger partial charge in [-0.15, -0.1) is 0 Å². The highest BCUT2D eigenvalue weighted by atomic mass is 16.2. The molecule has 7 rings (SSSR count). The highest BCUT2D eigenvalue weighted by Crippen LogP contribution is 2.41. The Balaban J connectivity index is 1.14.